The molecule has 0 spiro atoms. The van der Waals surface area contributed by atoms with Gasteiger partial charge in [0.15, 0.2) is 0 Å². The number of nitrogens with zero attached hydrogens (tertiary/aromatic N) is 1. The molecule has 1 N–H and O–H groups in total. The lowest BCUT2D eigenvalue weighted by Crippen LogP contribution is -2.43. The van der Waals surface area contributed by atoms with Crippen LogP contribution < -0.4 is 5.32 Å². The fraction of sp³-hybridized carbons (Fsp3) is 0.450. The molecule has 1 amide bonds. The zero-order valence-corrected chi connectivity index (χ0v) is 18.4. The second kappa shape index (κ2) is 9.91. The van der Waals surface area contributed by atoms with Gasteiger partial charge in [-0.05, 0) is 36.8 Å². The van der Waals surface area contributed by atoms with Crippen LogP contribution in [0.5, 0.6) is 0 Å². The molecule has 0 aliphatic carbocycles. The minimum atomic E-state index is -3.40. The Morgan fingerprint density at radius 2 is 1.93 bits per heavy atom. The first-order chi connectivity index (χ1) is 13.5. The van der Waals surface area contributed by atoms with E-state index in [1.807, 2.05) is 0 Å². The molecule has 0 unspecified atom stereocenters. The van der Waals surface area contributed by atoms with Gasteiger partial charge in [-0.25, -0.2) is 8.42 Å². The summed E-state index contributed by atoms with van der Waals surface area (Å²) in [6, 6.07) is 11.9. The van der Waals surface area contributed by atoms with E-state index < -0.39 is 10.0 Å². The van der Waals surface area contributed by atoms with Gasteiger partial charge in [-0.2, -0.15) is 16.1 Å². The van der Waals surface area contributed by atoms with Crippen LogP contribution in [0.3, 0.4) is 0 Å². The highest BCUT2D eigenvalue weighted by Gasteiger charge is 2.32. The van der Waals surface area contributed by atoms with Crippen LogP contribution in [0.4, 0.5) is 0 Å². The highest BCUT2D eigenvalue weighted by Crippen LogP contribution is 2.26. The molecule has 1 aliphatic heterocycles. The lowest BCUT2D eigenvalue weighted by Gasteiger charge is -2.30. The van der Waals surface area contributed by atoms with E-state index in [0.717, 1.165) is 11.5 Å². The molecule has 152 valence electrons. The molecule has 3 rings (SSSR count). The quantitative estimate of drug-likeness (QED) is 0.641. The van der Waals surface area contributed by atoms with Crippen LogP contribution in [0.1, 0.15) is 24.0 Å². The molecule has 0 radical (unpaired) electrons. The molecule has 1 saturated heterocycles. The van der Waals surface area contributed by atoms with E-state index in [4.69, 9.17) is 0 Å². The Morgan fingerprint density at radius 1 is 1.21 bits per heavy atom. The topological polar surface area (TPSA) is 66.5 Å². The predicted octanol–water partition coefficient (Wildman–Crippen LogP) is 3.51. The standard InChI is InChI=1S/C20H26N2O3S3/c1-16-4-6-17(7-5-16)15-26-14-10-21-20(23)18-8-11-22(12-9-18)28(24,25)19-3-2-13-27-19/h2-7,13,18H,8-12,14-15H2,1H3,(H,21,23). The number of carbonyl (C=O) groups excluding carboxylic acids is 1. The van der Waals surface area contributed by atoms with Crippen molar-refractivity contribution in [2.45, 2.75) is 29.7 Å². The maximum atomic E-state index is 12.5. The molecule has 1 aliphatic rings. The molecule has 1 fully saturated rings. The van der Waals surface area contributed by atoms with Crippen molar-refractivity contribution in [3.8, 4) is 0 Å². The molecule has 0 saturated carbocycles. The lowest BCUT2D eigenvalue weighted by atomic mass is 9.97. The van der Waals surface area contributed by atoms with Gasteiger partial charge in [-0.1, -0.05) is 35.9 Å². The number of thioether (sulfide) groups is 1. The number of hydrogen-bond donors (Lipinski definition) is 1. The molecule has 28 heavy (non-hydrogen) atoms. The van der Waals surface area contributed by atoms with Crippen LogP contribution in [-0.2, 0) is 20.6 Å². The number of aryl methyl sites for hydroxylation is 1. The van der Waals surface area contributed by atoms with Gasteiger partial charge in [0.25, 0.3) is 10.0 Å². The monoisotopic (exact) mass is 438 g/mol. The Kier molecular flexibility index (Phi) is 7.56. The second-order valence-electron chi connectivity index (χ2n) is 6.94. The molecule has 5 nitrogen and oxygen atoms in total. The molecular formula is C20H26N2O3S3. The number of nitrogens with one attached hydrogen (secondary N) is 1. The summed E-state index contributed by atoms with van der Waals surface area (Å²) in [5.41, 5.74) is 2.55. The van der Waals surface area contributed by atoms with E-state index in [9.17, 15) is 13.2 Å². The normalized spacial score (nSPS) is 16.2. The molecule has 1 aromatic carbocycles. The maximum absolute atomic E-state index is 12.5. The average Bonchev–Trinajstić information content (AvgIpc) is 3.25. The summed E-state index contributed by atoms with van der Waals surface area (Å²) < 4.78 is 27.0. The van der Waals surface area contributed by atoms with E-state index in [1.54, 1.807) is 29.3 Å². The average molecular weight is 439 g/mol. The number of piperidine rings is 1. The Bertz CT molecular complexity index is 857. The Hall–Kier alpha value is -1.35. The van der Waals surface area contributed by atoms with Gasteiger partial charge in [0.2, 0.25) is 5.91 Å². The number of benzene rings is 1. The Morgan fingerprint density at radius 3 is 2.57 bits per heavy atom. The van der Waals surface area contributed by atoms with Crippen molar-refractivity contribution >= 4 is 39.0 Å². The van der Waals surface area contributed by atoms with Crippen molar-refractivity contribution in [3.05, 3.63) is 52.9 Å². The summed E-state index contributed by atoms with van der Waals surface area (Å²) in [5.74, 6) is 1.75. The first kappa shape index (κ1) is 21.4. The first-order valence-electron chi connectivity index (χ1n) is 9.41. The first-order valence-corrected chi connectivity index (χ1v) is 12.9. The number of amides is 1. The van der Waals surface area contributed by atoms with Crippen LogP contribution >= 0.6 is 23.1 Å². The van der Waals surface area contributed by atoms with Gasteiger partial charge in [-0.15, -0.1) is 11.3 Å². The van der Waals surface area contributed by atoms with Gasteiger partial charge in [0.05, 0.1) is 0 Å². The highest BCUT2D eigenvalue weighted by molar-refractivity contribution is 7.98. The summed E-state index contributed by atoms with van der Waals surface area (Å²) in [6.07, 6.45) is 1.15. The number of rotatable bonds is 8. The van der Waals surface area contributed by atoms with Crippen molar-refractivity contribution in [1.29, 1.82) is 0 Å². The summed E-state index contributed by atoms with van der Waals surface area (Å²) in [4.78, 5) is 12.4. The Balaban J connectivity index is 1.35. The SMILES string of the molecule is Cc1ccc(CSCCNC(=O)C2CCN(S(=O)(=O)c3cccs3)CC2)cc1. The van der Waals surface area contributed by atoms with Gasteiger partial charge in [0.1, 0.15) is 4.21 Å². The third-order valence-electron chi connectivity index (χ3n) is 4.85. The largest absolute Gasteiger partial charge is 0.355 e. The van der Waals surface area contributed by atoms with Crippen LogP contribution in [0.2, 0.25) is 0 Å². The third kappa shape index (κ3) is 5.59. The van der Waals surface area contributed by atoms with Crippen molar-refractivity contribution in [3.63, 3.8) is 0 Å². The summed E-state index contributed by atoms with van der Waals surface area (Å²) in [5, 5.41) is 4.77. The zero-order chi connectivity index (χ0) is 20.0. The van der Waals surface area contributed by atoms with Gasteiger partial charge < -0.3 is 5.32 Å². The lowest BCUT2D eigenvalue weighted by molar-refractivity contribution is -0.125. The van der Waals surface area contributed by atoms with Crippen molar-refractivity contribution < 1.29 is 13.2 Å². The molecular weight excluding hydrogens is 412 g/mol. The molecule has 2 aromatic rings. The highest BCUT2D eigenvalue weighted by atomic mass is 32.2. The van der Waals surface area contributed by atoms with Gasteiger partial charge in [-0.3, -0.25) is 4.79 Å². The summed E-state index contributed by atoms with van der Waals surface area (Å²) in [7, 11) is -3.40. The van der Waals surface area contributed by atoms with Crippen LogP contribution in [0.25, 0.3) is 0 Å². The van der Waals surface area contributed by atoms with E-state index >= 15 is 0 Å². The fourth-order valence-electron chi connectivity index (χ4n) is 3.16. The van der Waals surface area contributed by atoms with E-state index in [1.165, 1.54) is 26.8 Å². The number of hydrogen-bond acceptors (Lipinski definition) is 5. The van der Waals surface area contributed by atoms with E-state index in [0.29, 0.717) is 36.7 Å². The van der Waals surface area contributed by atoms with Crippen molar-refractivity contribution in [2.24, 2.45) is 5.92 Å². The van der Waals surface area contributed by atoms with Crippen molar-refractivity contribution in [1.82, 2.24) is 9.62 Å². The minimum Gasteiger partial charge on any atom is -0.355 e. The molecule has 8 heteroatoms. The summed E-state index contributed by atoms with van der Waals surface area (Å²) >= 11 is 3.04. The number of carbonyl (C=O) groups is 1. The molecule has 1 aromatic heterocycles. The maximum Gasteiger partial charge on any atom is 0.252 e. The fourth-order valence-corrected chi connectivity index (χ4v) is 6.59. The second-order valence-corrected chi connectivity index (χ2v) is 11.2. The molecule has 0 bridgehead atoms. The summed E-state index contributed by atoms with van der Waals surface area (Å²) in [6.45, 7) is 3.53. The van der Waals surface area contributed by atoms with Crippen molar-refractivity contribution in [2.75, 3.05) is 25.4 Å². The van der Waals surface area contributed by atoms with Gasteiger partial charge >= 0.3 is 0 Å². The van der Waals surface area contributed by atoms with E-state index in [-0.39, 0.29) is 11.8 Å². The van der Waals surface area contributed by atoms with Gasteiger partial charge in [0, 0.05) is 37.1 Å². The smallest absolute Gasteiger partial charge is 0.252 e. The third-order valence-corrected chi connectivity index (χ3v) is 9.15. The Labute approximate surface area is 175 Å². The predicted molar refractivity (Wildman–Crippen MR) is 116 cm³/mol. The van der Waals surface area contributed by atoms with Crippen LogP contribution in [0.15, 0.2) is 46.0 Å². The van der Waals surface area contributed by atoms with E-state index in [2.05, 4.69) is 36.5 Å². The molecule has 2 heterocycles. The zero-order valence-electron chi connectivity index (χ0n) is 16.0. The molecule has 0 atom stereocenters. The van der Waals surface area contributed by atoms with Crippen LogP contribution in [-0.4, -0.2) is 44.0 Å². The number of thiophene rings is 1. The minimum absolute atomic E-state index is 0.0455. The van der Waals surface area contributed by atoms with Crippen LogP contribution in [0, 0.1) is 12.8 Å². The number of sulfonamides is 1.